The van der Waals surface area contributed by atoms with Gasteiger partial charge in [-0.25, -0.2) is 0 Å². The van der Waals surface area contributed by atoms with Crippen LogP contribution in [0.25, 0.3) is 0 Å². The lowest BCUT2D eigenvalue weighted by Gasteiger charge is -2.32. The van der Waals surface area contributed by atoms with E-state index in [0.29, 0.717) is 31.8 Å². The van der Waals surface area contributed by atoms with Gasteiger partial charge in [0.25, 0.3) is 0 Å². The minimum atomic E-state index is -0.717. The Kier molecular flexibility index (Phi) is 4.48. The first-order valence-corrected chi connectivity index (χ1v) is 8.28. The molecule has 2 N–H and O–H groups in total. The molecule has 1 saturated heterocycles. The van der Waals surface area contributed by atoms with Crippen molar-refractivity contribution in [1.82, 2.24) is 5.32 Å². The van der Waals surface area contributed by atoms with Gasteiger partial charge in [-0.15, -0.1) is 0 Å². The van der Waals surface area contributed by atoms with Crippen molar-refractivity contribution in [3.63, 3.8) is 0 Å². The Morgan fingerprint density at radius 2 is 1.62 bits per heavy atom. The Bertz CT molecular complexity index is 399. The Labute approximate surface area is 125 Å². The molecule has 0 aromatic carbocycles. The maximum absolute atomic E-state index is 12.3. The highest BCUT2D eigenvalue weighted by Gasteiger charge is 2.37. The third kappa shape index (κ3) is 3.76. The van der Waals surface area contributed by atoms with E-state index in [-0.39, 0.29) is 23.8 Å². The smallest absolute Gasteiger partial charge is 0.306 e. The number of aliphatic carboxylic acids is 1. The molecule has 0 aromatic rings. The SMILES string of the molecule is O=C(O)C1CCC(C(=O)NC2CCOC(C3CC3)C2)CC1. The molecule has 1 amide bonds. The third-order valence-corrected chi connectivity index (χ3v) is 5.26. The molecule has 3 aliphatic rings. The van der Waals surface area contributed by atoms with Crippen molar-refractivity contribution in [2.45, 2.75) is 63.5 Å². The average Bonchev–Trinajstić information content (AvgIpc) is 3.32. The van der Waals surface area contributed by atoms with Gasteiger partial charge in [-0.2, -0.15) is 0 Å². The molecule has 0 spiro atoms. The zero-order valence-corrected chi connectivity index (χ0v) is 12.4. The summed E-state index contributed by atoms with van der Waals surface area (Å²) in [4.78, 5) is 23.3. The van der Waals surface area contributed by atoms with Crippen LogP contribution >= 0.6 is 0 Å². The minimum absolute atomic E-state index is 0.00261. The van der Waals surface area contributed by atoms with Crippen molar-refractivity contribution >= 4 is 11.9 Å². The van der Waals surface area contributed by atoms with E-state index in [4.69, 9.17) is 9.84 Å². The Hall–Kier alpha value is -1.10. The van der Waals surface area contributed by atoms with Crippen LogP contribution in [0.2, 0.25) is 0 Å². The highest BCUT2D eigenvalue weighted by Crippen LogP contribution is 2.38. The number of amides is 1. The van der Waals surface area contributed by atoms with Gasteiger partial charge in [0.1, 0.15) is 0 Å². The fraction of sp³-hybridized carbons (Fsp3) is 0.875. The molecule has 1 heterocycles. The number of nitrogens with one attached hydrogen (secondary N) is 1. The van der Waals surface area contributed by atoms with E-state index in [9.17, 15) is 9.59 Å². The highest BCUT2D eigenvalue weighted by atomic mass is 16.5. The van der Waals surface area contributed by atoms with Crippen LogP contribution in [-0.2, 0) is 14.3 Å². The Morgan fingerprint density at radius 3 is 2.24 bits per heavy atom. The van der Waals surface area contributed by atoms with E-state index in [2.05, 4.69) is 5.32 Å². The van der Waals surface area contributed by atoms with Gasteiger partial charge in [0.05, 0.1) is 12.0 Å². The van der Waals surface area contributed by atoms with Crippen molar-refractivity contribution in [3.05, 3.63) is 0 Å². The van der Waals surface area contributed by atoms with Gasteiger partial charge in [0.2, 0.25) is 5.91 Å². The van der Waals surface area contributed by atoms with Crippen molar-refractivity contribution in [3.8, 4) is 0 Å². The lowest BCUT2D eigenvalue weighted by Crippen LogP contribution is -2.45. The normalized spacial score (nSPS) is 37.0. The summed E-state index contributed by atoms with van der Waals surface area (Å²) < 4.78 is 5.78. The van der Waals surface area contributed by atoms with E-state index in [1.165, 1.54) is 12.8 Å². The summed E-state index contributed by atoms with van der Waals surface area (Å²) in [5, 5.41) is 12.2. The van der Waals surface area contributed by atoms with E-state index >= 15 is 0 Å². The molecule has 2 atom stereocenters. The zero-order valence-electron chi connectivity index (χ0n) is 12.4. The van der Waals surface area contributed by atoms with Crippen molar-refractivity contribution in [2.75, 3.05) is 6.61 Å². The molecule has 2 unspecified atom stereocenters. The van der Waals surface area contributed by atoms with E-state index in [1.807, 2.05) is 0 Å². The first-order valence-electron chi connectivity index (χ1n) is 8.28. The summed E-state index contributed by atoms with van der Waals surface area (Å²) in [6, 6.07) is 0.244. The molecule has 0 aromatic heterocycles. The molecule has 3 fully saturated rings. The van der Waals surface area contributed by atoms with Crippen LogP contribution in [0.5, 0.6) is 0 Å². The number of carboxylic acids is 1. The van der Waals surface area contributed by atoms with Crippen LogP contribution in [0.4, 0.5) is 0 Å². The van der Waals surface area contributed by atoms with Crippen molar-refractivity contribution in [2.24, 2.45) is 17.8 Å². The standard InChI is InChI=1S/C16H25NO4/c18-15(11-3-5-12(6-4-11)16(19)20)17-13-7-8-21-14(9-13)10-1-2-10/h10-14H,1-9H2,(H,17,18)(H,19,20). The van der Waals surface area contributed by atoms with Crippen LogP contribution < -0.4 is 5.32 Å². The lowest BCUT2D eigenvalue weighted by atomic mass is 9.81. The van der Waals surface area contributed by atoms with Gasteiger partial charge in [-0.1, -0.05) is 0 Å². The molecule has 3 rings (SSSR count). The number of carbonyl (C=O) groups is 2. The second kappa shape index (κ2) is 6.34. The number of carboxylic acid groups (broad SMARTS) is 1. The lowest BCUT2D eigenvalue weighted by molar-refractivity contribution is -0.144. The number of hydrogen-bond donors (Lipinski definition) is 2. The molecule has 5 heteroatoms. The molecule has 2 aliphatic carbocycles. The fourth-order valence-electron chi connectivity index (χ4n) is 3.68. The Morgan fingerprint density at radius 1 is 0.952 bits per heavy atom. The van der Waals surface area contributed by atoms with Gasteiger partial charge < -0.3 is 15.2 Å². The van der Waals surface area contributed by atoms with Gasteiger partial charge in [0.15, 0.2) is 0 Å². The van der Waals surface area contributed by atoms with E-state index in [0.717, 1.165) is 25.4 Å². The molecule has 5 nitrogen and oxygen atoms in total. The van der Waals surface area contributed by atoms with E-state index in [1.54, 1.807) is 0 Å². The van der Waals surface area contributed by atoms with Crippen molar-refractivity contribution < 1.29 is 19.4 Å². The number of rotatable bonds is 4. The molecule has 2 saturated carbocycles. The van der Waals surface area contributed by atoms with Crippen LogP contribution in [0, 0.1) is 17.8 Å². The Balaban J connectivity index is 1.44. The summed E-state index contributed by atoms with van der Waals surface area (Å²) >= 11 is 0. The molecular formula is C16H25NO4. The number of hydrogen-bond acceptors (Lipinski definition) is 3. The first kappa shape index (κ1) is 14.8. The van der Waals surface area contributed by atoms with Gasteiger partial charge in [-0.05, 0) is 57.3 Å². The van der Waals surface area contributed by atoms with E-state index < -0.39 is 5.97 Å². The molecule has 0 bridgehead atoms. The molecule has 118 valence electrons. The van der Waals surface area contributed by atoms with Crippen molar-refractivity contribution in [1.29, 1.82) is 0 Å². The number of ether oxygens (including phenoxy) is 1. The monoisotopic (exact) mass is 295 g/mol. The molecule has 0 radical (unpaired) electrons. The highest BCUT2D eigenvalue weighted by molar-refractivity contribution is 5.79. The maximum atomic E-state index is 12.3. The fourth-order valence-corrected chi connectivity index (χ4v) is 3.68. The maximum Gasteiger partial charge on any atom is 0.306 e. The first-order chi connectivity index (χ1) is 10.1. The predicted molar refractivity (Wildman–Crippen MR) is 76.7 cm³/mol. The predicted octanol–water partition coefficient (Wildman–Crippen LogP) is 1.95. The van der Waals surface area contributed by atoms with Crippen LogP contribution in [0.15, 0.2) is 0 Å². The van der Waals surface area contributed by atoms with Gasteiger partial charge >= 0.3 is 5.97 Å². The minimum Gasteiger partial charge on any atom is -0.481 e. The van der Waals surface area contributed by atoms with Gasteiger partial charge in [0, 0.05) is 18.6 Å². The second-order valence-corrected chi connectivity index (χ2v) is 6.86. The van der Waals surface area contributed by atoms with Crippen LogP contribution in [0.1, 0.15) is 51.4 Å². The average molecular weight is 295 g/mol. The summed E-state index contributed by atoms with van der Waals surface area (Å²) in [7, 11) is 0. The molecular weight excluding hydrogens is 270 g/mol. The summed E-state index contributed by atoms with van der Waals surface area (Å²) in [6.07, 6.45) is 7.40. The topological polar surface area (TPSA) is 75.6 Å². The second-order valence-electron chi connectivity index (χ2n) is 6.86. The van der Waals surface area contributed by atoms with Crippen LogP contribution in [0.3, 0.4) is 0 Å². The summed E-state index contributed by atoms with van der Waals surface area (Å²) in [5.41, 5.74) is 0. The largest absolute Gasteiger partial charge is 0.481 e. The summed E-state index contributed by atoms with van der Waals surface area (Å²) in [5.74, 6) is -0.124. The zero-order chi connectivity index (χ0) is 14.8. The summed E-state index contributed by atoms with van der Waals surface area (Å²) in [6.45, 7) is 0.748. The van der Waals surface area contributed by atoms with Crippen LogP contribution in [-0.4, -0.2) is 35.7 Å². The van der Waals surface area contributed by atoms with Gasteiger partial charge in [-0.3, -0.25) is 9.59 Å². The quantitative estimate of drug-likeness (QED) is 0.831. The third-order valence-electron chi connectivity index (χ3n) is 5.26. The number of carbonyl (C=O) groups excluding carboxylic acids is 1. The molecule has 1 aliphatic heterocycles. The molecule has 21 heavy (non-hydrogen) atoms.